The van der Waals surface area contributed by atoms with E-state index in [2.05, 4.69) is 35.1 Å². The van der Waals surface area contributed by atoms with Gasteiger partial charge >= 0.3 is 0 Å². The molecule has 2 rings (SSSR count). The fourth-order valence-electron chi connectivity index (χ4n) is 2.81. The summed E-state index contributed by atoms with van der Waals surface area (Å²) >= 11 is 0. The van der Waals surface area contributed by atoms with Crippen molar-refractivity contribution >= 4 is 0 Å². The predicted octanol–water partition coefficient (Wildman–Crippen LogP) is 3.88. The summed E-state index contributed by atoms with van der Waals surface area (Å²) < 4.78 is 2.51. The molecule has 0 radical (unpaired) electrons. The molecular formula is C15H26N2. The summed E-state index contributed by atoms with van der Waals surface area (Å²) in [7, 11) is 0. The van der Waals surface area contributed by atoms with Crippen LogP contribution in [-0.2, 0) is 6.54 Å². The fourth-order valence-corrected chi connectivity index (χ4v) is 2.81. The molecule has 1 aliphatic rings. The van der Waals surface area contributed by atoms with Gasteiger partial charge in [0.2, 0.25) is 0 Å². The molecule has 0 aliphatic heterocycles. The number of nitrogens with one attached hydrogen (secondary N) is 1. The summed E-state index contributed by atoms with van der Waals surface area (Å²) in [5, 5.41) is 3.55. The molecule has 1 saturated carbocycles. The van der Waals surface area contributed by atoms with Crippen molar-refractivity contribution in [1.29, 1.82) is 0 Å². The molecule has 1 heterocycles. The second-order valence-corrected chi connectivity index (χ2v) is 5.23. The molecule has 0 bridgehead atoms. The van der Waals surface area contributed by atoms with Gasteiger partial charge in [0.25, 0.3) is 0 Å². The van der Waals surface area contributed by atoms with Gasteiger partial charge in [-0.3, -0.25) is 0 Å². The van der Waals surface area contributed by atoms with Crippen LogP contribution in [0.1, 0.15) is 63.6 Å². The molecule has 2 nitrogen and oxygen atoms in total. The lowest BCUT2D eigenvalue weighted by Crippen LogP contribution is -2.20. The molecule has 1 aromatic rings. The van der Waals surface area contributed by atoms with Gasteiger partial charge in [-0.25, -0.2) is 0 Å². The van der Waals surface area contributed by atoms with Crippen LogP contribution in [0.25, 0.3) is 0 Å². The molecule has 2 heteroatoms. The highest BCUT2D eigenvalue weighted by molar-refractivity contribution is 5.08. The lowest BCUT2D eigenvalue weighted by Gasteiger charge is -2.25. The molecule has 0 spiro atoms. The van der Waals surface area contributed by atoms with Crippen molar-refractivity contribution < 1.29 is 0 Å². The van der Waals surface area contributed by atoms with E-state index in [9.17, 15) is 0 Å². The Morgan fingerprint density at radius 1 is 1.29 bits per heavy atom. The van der Waals surface area contributed by atoms with Crippen molar-refractivity contribution in [2.45, 2.75) is 64.5 Å². The lowest BCUT2D eigenvalue weighted by atomic mass is 9.95. The molecule has 0 amide bonds. The highest BCUT2D eigenvalue weighted by Gasteiger charge is 2.16. The van der Waals surface area contributed by atoms with Crippen LogP contribution in [0.4, 0.5) is 0 Å². The van der Waals surface area contributed by atoms with Gasteiger partial charge in [-0.2, -0.15) is 0 Å². The number of nitrogens with zero attached hydrogens (tertiary/aromatic N) is 1. The van der Waals surface area contributed by atoms with Gasteiger partial charge in [0.05, 0.1) is 0 Å². The van der Waals surface area contributed by atoms with Gasteiger partial charge in [-0.1, -0.05) is 32.6 Å². The van der Waals surface area contributed by atoms with E-state index in [-0.39, 0.29) is 0 Å². The van der Waals surface area contributed by atoms with E-state index in [1.165, 1.54) is 50.6 Å². The number of hydrogen-bond acceptors (Lipinski definition) is 1. The number of hydrogen-bond donors (Lipinski definition) is 1. The first kappa shape index (κ1) is 12.7. The highest BCUT2D eigenvalue weighted by Crippen LogP contribution is 2.29. The molecule has 17 heavy (non-hydrogen) atoms. The zero-order valence-electron chi connectivity index (χ0n) is 11.1. The van der Waals surface area contributed by atoms with Gasteiger partial charge in [0, 0.05) is 24.5 Å². The van der Waals surface area contributed by atoms with Crippen LogP contribution in [-0.4, -0.2) is 11.1 Å². The third kappa shape index (κ3) is 3.60. The third-order valence-corrected chi connectivity index (χ3v) is 3.85. The number of aromatic nitrogens is 1. The Kier molecular flexibility index (Phi) is 5.11. The van der Waals surface area contributed by atoms with Crippen molar-refractivity contribution in [2.24, 2.45) is 0 Å². The molecule has 0 aromatic carbocycles. The van der Waals surface area contributed by atoms with Crippen molar-refractivity contribution in [2.75, 3.05) is 6.54 Å². The molecule has 1 aliphatic carbocycles. The maximum Gasteiger partial charge on any atom is 0.0359 e. The Morgan fingerprint density at radius 3 is 2.88 bits per heavy atom. The van der Waals surface area contributed by atoms with Crippen LogP contribution in [0, 0.1) is 0 Å². The smallest absolute Gasteiger partial charge is 0.0359 e. The van der Waals surface area contributed by atoms with Crippen molar-refractivity contribution in [3.05, 3.63) is 24.0 Å². The van der Waals surface area contributed by atoms with E-state index in [1.54, 1.807) is 0 Å². The molecular weight excluding hydrogens is 208 g/mol. The molecule has 96 valence electrons. The predicted molar refractivity (Wildman–Crippen MR) is 73.2 cm³/mol. The van der Waals surface area contributed by atoms with Crippen LogP contribution >= 0.6 is 0 Å². The monoisotopic (exact) mass is 234 g/mol. The maximum absolute atomic E-state index is 3.55. The van der Waals surface area contributed by atoms with E-state index in [4.69, 9.17) is 0 Å². The average Bonchev–Trinajstić information content (AvgIpc) is 2.84. The summed E-state index contributed by atoms with van der Waals surface area (Å²) in [4.78, 5) is 0. The van der Waals surface area contributed by atoms with Gasteiger partial charge in [0.1, 0.15) is 0 Å². The third-order valence-electron chi connectivity index (χ3n) is 3.85. The van der Waals surface area contributed by atoms with E-state index in [0.717, 1.165) is 19.1 Å². The van der Waals surface area contributed by atoms with Crippen molar-refractivity contribution in [1.82, 2.24) is 9.88 Å². The topological polar surface area (TPSA) is 17.0 Å². The Morgan fingerprint density at radius 2 is 2.12 bits per heavy atom. The van der Waals surface area contributed by atoms with Crippen LogP contribution < -0.4 is 5.32 Å². The first-order chi connectivity index (χ1) is 8.42. The van der Waals surface area contributed by atoms with E-state index in [0.29, 0.717) is 0 Å². The van der Waals surface area contributed by atoms with Gasteiger partial charge < -0.3 is 9.88 Å². The first-order valence-corrected chi connectivity index (χ1v) is 7.28. The van der Waals surface area contributed by atoms with Gasteiger partial charge in [-0.15, -0.1) is 0 Å². The summed E-state index contributed by atoms with van der Waals surface area (Å²) in [6.07, 6.45) is 11.8. The summed E-state index contributed by atoms with van der Waals surface area (Å²) in [5.41, 5.74) is 1.47. The zero-order chi connectivity index (χ0) is 11.9. The molecule has 0 unspecified atom stereocenters. The lowest BCUT2D eigenvalue weighted by molar-refractivity contribution is 0.345. The molecule has 0 atom stereocenters. The van der Waals surface area contributed by atoms with Crippen LogP contribution in [0.2, 0.25) is 0 Å². The van der Waals surface area contributed by atoms with Crippen LogP contribution in [0.15, 0.2) is 18.3 Å². The Bertz CT molecular complexity index is 310. The molecule has 0 saturated heterocycles. The summed E-state index contributed by atoms with van der Waals surface area (Å²) in [6.45, 7) is 4.42. The number of unbranched alkanes of at least 4 members (excludes halogenated alkanes) is 1. The van der Waals surface area contributed by atoms with E-state index >= 15 is 0 Å². The van der Waals surface area contributed by atoms with Gasteiger partial charge in [-0.05, 0) is 37.9 Å². The quantitative estimate of drug-likeness (QED) is 0.739. The SMILES string of the molecule is CCCCNCc1cccn1C1CCCCC1. The minimum atomic E-state index is 0.765. The average molecular weight is 234 g/mol. The van der Waals surface area contributed by atoms with Crippen molar-refractivity contribution in [3.63, 3.8) is 0 Å². The normalized spacial score (nSPS) is 17.5. The fraction of sp³-hybridized carbons (Fsp3) is 0.733. The summed E-state index contributed by atoms with van der Waals surface area (Å²) in [5.74, 6) is 0. The Balaban J connectivity index is 1.87. The minimum absolute atomic E-state index is 0.765. The van der Waals surface area contributed by atoms with Gasteiger partial charge in [0.15, 0.2) is 0 Å². The van der Waals surface area contributed by atoms with E-state index < -0.39 is 0 Å². The maximum atomic E-state index is 3.55. The van der Waals surface area contributed by atoms with Crippen LogP contribution in [0.5, 0.6) is 0 Å². The Labute approximate surface area is 105 Å². The Hall–Kier alpha value is -0.760. The largest absolute Gasteiger partial charge is 0.347 e. The highest BCUT2D eigenvalue weighted by atomic mass is 15.0. The molecule has 1 N–H and O–H groups in total. The standard InChI is InChI=1S/C15H26N2/c1-2-3-11-16-13-15-10-7-12-17(15)14-8-5-4-6-9-14/h7,10,12,14,16H,2-6,8-9,11,13H2,1H3. The number of rotatable bonds is 6. The van der Waals surface area contributed by atoms with E-state index in [1.807, 2.05) is 0 Å². The molecule has 1 aromatic heterocycles. The zero-order valence-corrected chi connectivity index (χ0v) is 11.1. The molecule has 1 fully saturated rings. The first-order valence-electron chi connectivity index (χ1n) is 7.28. The van der Waals surface area contributed by atoms with Crippen LogP contribution in [0.3, 0.4) is 0 Å². The summed E-state index contributed by atoms with van der Waals surface area (Å²) in [6, 6.07) is 5.24. The van der Waals surface area contributed by atoms with Crippen molar-refractivity contribution in [3.8, 4) is 0 Å². The second kappa shape index (κ2) is 6.85. The minimum Gasteiger partial charge on any atom is -0.347 e. The second-order valence-electron chi connectivity index (χ2n) is 5.23.